The SMILES string of the molecule is Nc1cccc2c1CCN2C1CCOC2(CCSCC2)C1. The molecule has 0 bridgehead atoms. The molecule has 3 heterocycles. The standard InChI is InChI=1S/C17H24N2OS/c18-15-2-1-3-16-14(15)4-8-19(16)13-5-9-20-17(12-13)6-10-21-11-7-17/h1-3,13H,4-12,18H2. The van der Waals surface area contributed by atoms with E-state index in [1.54, 1.807) is 0 Å². The second-order valence-electron chi connectivity index (χ2n) is 6.58. The molecule has 4 rings (SSSR count). The van der Waals surface area contributed by atoms with Crippen molar-refractivity contribution in [3.8, 4) is 0 Å². The average molecular weight is 304 g/mol. The number of hydrogen-bond donors (Lipinski definition) is 1. The van der Waals surface area contributed by atoms with Gasteiger partial charge in [-0.25, -0.2) is 0 Å². The zero-order valence-electron chi connectivity index (χ0n) is 12.5. The minimum atomic E-state index is 0.164. The van der Waals surface area contributed by atoms with E-state index in [0.29, 0.717) is 6.04 Å². The molecule has 1 aromatic rings. The van der Waals surface area contributed by atoms with Crippen molar-refractivity contribution in [2.45, 2.75) is 43.7 Å². The van der Waals surface area contributed by atoms with Crippen molar-refractivity contribution in [1.29, 1.82) is 0 Å². The Morgan fingerprint density at radius 3 is 3.00 bits per heavy atom. The quantitative estimate of drug-likeness (QED) is 0.809. The van der Waals surface area contributed by atoms with E-state index in [2.05, 4.69) is 28.8 Å². The van der Waals surface area contributed by atoms with E-state index >= 15 is 0 Å². The minimum absolute atomic E-state index is 0.164. The first-order valence-corrected chi connectivity index (χ1v) is 9.29. The van der Waals surface area contributed by atoms with Crippen LogP contribution in [0.5, 0.6) is 0 Å². The van der Waals surface area contributed by atoms with Crippen LogP contribution in [0, 0.1) is 0 Å². The van der Waals surface area contributed by atoms with E-state index in [-0.39, 0.29) is 5.60 Å². The first-order chi connectivity index (χ1) is 10.3. The lowest BCUT2D eigenvalue weighted by molar-refractivity contribution is -0.0895. The number of rotatable bonds is 1. The Morgan fingerprint density at radius 2 is 2.14 bits per heavy atom. The lowest BCUT2D eigenvalue weighted by Gasteiger charge is -2.46. The highest BCUT2D eigenvalue weighted by Crippen LogP contribution is 2.42. The Morgan fingerprint density at radius 1 is 1.29 bits per heavy atom. The maximum atomic E-state index is 6.24. The van der Waals surface area contributed by atoms with Crippen LogP contribution in [0.1, 0.15) is 31.2 Å². The lowest BCUT2D eigenvalue weighted by Crippen LogP contribution is -2.50. The number of anilines is 2. The number of nitrogens with two attached hydrogens (primary N) is 1. The lowest BCUT2D eigenvalue weighted by atomic mass is 9.85. The molecule has 1 unspecified atom stereocenters. The molecule has 3 nitrogen and oxygen atoms in total. The number of nitrogen functional groups attached to an aromatic ring is 1. The molecule has 0 radical (unpaired) electrons. The molecule has 2 N–H and O–H groups in total. The van der Waals surface area contributed by atoms with Crippen LogP contribution in [0.4, 0.5) is 11.4 Å². The average Bonchev–Trinajstić information content (AvgIpc) is 2.93. The molecule has 21 heavy (non-hydrogen) atoms. The molecule has 0 aliphatic carbocycles. The van der Waals surface area contributed by atoms with Gasteiger partial charge in [0.1, 0.15) is 0 Å². The van der Waals surface area contributed by atoms with Gasteiger partial charge in [-0.1, -0.05) is 6.07 Å². The van der Waals surface area contributed by atoms with Crippen LogP contribution in [0.15, 0.2) is 18.2 Å². The van der Waals surface area contributed by atoms with Crippen LogP contribution in [0.2, 0.25) is 0 Å². The molecule has 3 aliphatic rings. The fourth-order valence-electron chi connectivity index (χ4n) is 4.23. The molecule has 3 aliphatic heterocycles. The number of benzene rings is 1. The third-order valence-corrected chi connectivity index (χ3v) is 6.40. The topological polar surface area (TPSA) is 38.5 Å². The third-order valence-electron chi connectivity index (χ3n) is 5.41. The monoisotopic (exact) mass is 304 g/mol. The van der Waals surface area contributed by atoms with Crippen molar-refractivity contribution < 1.29 is 4.74 Å². The molecule has 1 spiro atoms. The van der Waals surface area contributed by atoms with Gasteiger partial charge in [-0.3, -0.25) is 0 Å². The maximum Gasteiger partial charge on any atom is 0.0717 e. The van der Waals surface area contributed by atoms with Gasteiger partial charge in [0.15, 0.2) is 0 Å². The van der Waals surface area contributed by atoms with Crippen LogP contribution in [0.3, 0.4) is 0 Å². The van der Waals surface area contributed by atoms with Gasteiger partial charge in [0.25, 0.3) is 0 Å². The van der Waals surface area contributed by atoms with Crippen LogP contribution in [0.25, 0.3) is 0 Å². The molecular formula is C17H24N2OS. The zero-order chi connectivity index (χ0) is 14.3. The molecular weight excluding hydrogens is 280 g/mol. The molecule has 0 aromatic heterocycles. The van der Waals surface area contributed by atoms with E-state index in [4.69, 9.17) is 10.5 Å². The van der Waals surface area contributed by atoms with Crippen molar-refractivity contribution >= 4 is 23.1 Å². The normalized spacial score (nSPS) is 27.8. The molecule has 2 fully saturated rings. The van der Waals surface area contributed by atoms with Crippen LogP contribution in [-0.2, 0) is 11.2 Å². The summed E-state index contributed by atoms with van der Waals surface area (Å²) in [6.07, 6.45) is 5.91. The van der Waals surface area contributed by atoms with E-state index in [1.165, 1.54) is 42.0 Å². The summed E-state index contributed by atoms with van der Waals surface area (Å²) in [4.78, 5) is 2.61. The smallest absolute Gasteiger partial charge is 0.0717 e. The van der Waals surface area contributed by atoms with Gasteiger partial charge in [0.2, 0.25) is 0 Å². The summed E-state index contributed by atoms with van der Waals surface area (Å²) in [6, 6.07) is 7.01. The van der Waals surface area contributed by atoms with Gasteiger partial charge >= 0.3 is 0 Å². The van der Waals surface area contributed by atoms with Crippen LogP contribution >= 0.6 is 11.8 Å². The summed E-state index contributed by atoms with van der Waals surface area (Å²) < 4.78 is 6.24. The number of nitrogens with zero attached hydrogens (tertiary/aromatic N) is 1. The summed E-state index contributed by atoms with van der Waals surface area (Å²) in [6.45, 7) is 2.04. The molecule has 2 saturated heterocycles. The summed E-state index contributed by atoms with van der Waals surface area (Å²) in [5.74, 6) is 2.52. The Hall–Kier alpha value is -0.870. The van der Waals surface area contributed by atoms with E-state index < -0.39 is 0 Å². The predicted molar refractivity (Wildman–Crippen MR) is 90.2 cm³/mol. The predicted octanol–water partition coefficient (Wildman–Crippen LogP) is 3.08. The zero-order valence-corrected chi connectivity index (χ0v) is 13.3. The summed E-state index contributed by atoms with van der Waals surface area (Å²) in [5.41, 5.74) is 10.0. The maximum absolute atomic E-state index is 6.24. The summed E-state index contributed by atoms with van der Waals surface area (Å²) in [5, 5.41) is 0. The Balaban J connectivity index is 1.56. The van der Waals surface area contributed by atoms with E-state index in [1.807, 2.05) is 6.07 Å². The first kappa shape index (κ1) is 13.8. The largest absolute Gasteiger partial charge is 0.398 e. The molecule has 0 saturated carbocycles. The Bertz CT molecular complexity index is 522. The van der Waals surface area contributed by atoms with Crippen molar-refractivity contribution in [2.75, 3.05) is 35.3 Å². The van der Waals surface area contributed by atoms with E-state index in [9.17, 15) is 0 Å². The van der Waals surface area contributed by atoms with Crippen LogP contribution in [-0.4, -0.2) is 36.3 Å². The minimum Gasteiger partial charge on any atom is -0.398 e. The third kappa shape index (κ3) is 2.42. The molecule has 1 aromatic carbocycles. The molecule has 1 atom stereocenters. The molecule has 4 heteroatoms. The van der Waals surface area contributed by atoms with Gasteiger partial charge in [0, 0.05) is 36.1 Å². The number of fused-ring (bicyclic) bond motifs is 1. The fraction of sp³-hybridized carbons (Fsp3) is 0.647. The van der Waals surface area contributed by atoms with Crippen molar-refractivity contribution in [3.05, 3.63) is 23.8 Å². The van der Waals surface area contributed by atoms with Gasteiger partial charge in [0.05, 0.1) is 5.60 Å². The molecule has 114 valence electrons. The Labute approximate surface area is 131 Å². The molecule has 0 amide bonds. The highest BCUT2D eigenvalue weighted by Gasteiger charge is 2.41. The number of thioether (sulfide) groups is 1. The van der Waals surface area contributed by atoms with Gasteiger partial charge in [-0.2, -0.15) is 11.8 Å². The van der Waals surface area contributed by atoms with Crippen molar-refractivity contribution in [2.24, 2.45) is 0 Å². The second-order valence-corrected chi connectivity index (χ2v) is 7.80. The number of hydrogen-bond acceptors (Lipinski definition) is 4. The highest BCUT2D eigenvalue weighted by molar-refractivity contribution is 7.99. The van der Waals surface area contributed by atoms with Gasteiger partial charge in [-0.05, 0) is 55.7 Å². The van der Waals surface area contributed by atoms with Crippen molar-refractivity contribution in [3.63, 3.8) is 0 Å². The number of ether oxygens (including phenoxy) is 1. The van der Waals surface area contributed by atoms with Gasteiger partial charge < -0.3 is 15.4 Å². The first-order valence-electron chi connectivity index (χ1n) is 8.13. The van der Waals surface area contributed by atoms with Crippen molar-refractivity contribution in [1.82, 2.24) is 0 Å². The Kier molecular flexibility index (Phi) is 3.54. The van der Waals surface area contributed by atoms with Gasteiger partial charge in [-0.15, -0.1) is 0 Å². The van der Waals surface area contributed by atoms with Crippen LogP contribution < -0.4 is 10.6 Å². The highest BCUT2D eigenvalue weighted by atomic mass is 32.2. The fourth-order valence-corrected chi connectivity index (χ4v) is 5.46. The van der Waals surface area contributed by atoms with E-state index in [0.717, 1.165) is 31.7 Å². The summed E-state index contributed by atoms with van der Waals surface area (Å²) >= 11 is 2.08. The second kappa shape index (κ2) is 5.40. The summed E-state index contributed by atoms with van der Waals surface area (Å²) in [7, 11) is 0.